The van der Waals surface area contributed by atoms with Crippen molar-refractivity contribution in [2.75, 3.05) is 0 Å². The van der Waals surface area contributed by atoms with E-state index in [2.05, 4.69) is 19.9 Å². The zero-order valence-electron chi connectivity index (χ0n) is 14.9. The number of hydrogen-bond acceptors (Lipinski definition) is 2. The van der Waals surface area contributed by atoms with Gasteiger partial charge >= 0.3 is 0 Å². The zero-order valence-corrected chi connectivity index (χ0v) is 14.9. The van der Waals surface area contributed by atoms with Gasteiger partial charge in [-0.05, 0) is 64.5 Å². The molecule has 1 aliphatic carbocycles. The topological polar surface area (TPSA) is 34.1 Å². The molecule has 122 valence electrons. The van der Waals surface area contributed by atoms with Gasteiger partial charge < -0.3 is 0 Å². The Bertz CT molecular complexity index is 514. The van der Waals surface area contributed by atoms with Crippen LogP contribution >= 0.6 is 0 Å². The number of hydrogen-bond donors (Lipinski definition) is 0. The first-order valence-electron chi connectivity index (χ1n) is 8.28. The van der Waals surface area contributed by atoms with E-state index >= 15 is 0 Å². The van der Waals surface area contributed by atoms with Crippen LogP contribution in [0.1, 0.15) is 60.8 Å². The molecule has 0 amide bonds. The lowest BCUT2D eigenvalue weighted by molar-refractivity contribution is -0.119. The predicted molar refractivity (Wildman–Crippen MR) is 92.6 cm³/mol. The number of allylic oxidation sites excluding steroid dienone is 6. The van der Waals surface area contributed by atoms with Crippen LogP contribution in [0.25, 0.3) is 0 Å². The van der Waals surface area contributed by atoms with Crippen molar-refractivity contribution in [3.63, 3.8) is 0 Å². The van der Waals surface area contributed by atoms with Crippen molar-refractivity contribution in [3.05, 3.63) is 34.9 Å². The Morgan fingerprint density at radius 2 is 1.86 bits per heavy atom. The van der Waals surface area contributed by atoms with E-state index in [1.807, 2.05) is 27.7 Å². The van der Waals surface area contributed by atoms with Gasteiger partial charge in [0.2, 0.25) is 0 Å². The highest BCUT2D eigenvalue weighted by Gasteiger charge is 2.31. The number of rotatable bonds is 6. The van der Waals surface area contributed by atoms with Crippen LogP contribution in [-0.4, -0.2) is 11.6 Å². The smallest absolute Gasteiger partial charge is 0.163 e. The summed E-state index contributed by atoms with van der Waals surface area (Å²) in [5.74, 6) is 0.763. The average molecular weight is 302 g/mol. The fourth-order valence-corrected chi connectivity index (χ4v) is 3.21. The Kier molecular flexibility index (Phi) is 6.99. The average Bonchev–Trinajstić information content (AvgIpc) is 2.35. The van der Waals surface area contributed by atoms with Crippen LogP contribution in [0.4, 0.5) is 0 Å². The molecule has 0 aliphatic heterocycles. The molecule has 0 heterocycles. The highest BCUT2D eigenvalue weighted by molar-refractivity contribution is 5.95. The monoisotopic (exact) mass is 302 g/mol. The van der Waals surface area contributed by atoms with E-state index in [4.69, 9.17) is 0 Å². The highest BCUT2D eigenvalue weighted by Crippen LogP contribution is 2.36. The maximum atomic E-state index is 12.6. The Morgan fingerprint density at radius 3 is 2.41 bits per heavy atom. The molecule has 0 fully saturated rings. The molecule has 0 radical (unpaired) electrons. The largest absolute Gasteiger partial charge is 0.295 e. The summed E-state index contributed by atoms with van der Waals surface area (Å²) in [6.45, 7) is 12.0. The van der Waals surface area contributed by atoms with Gasteiger partial charge in [-0.1, -0.05) is 36.6 Å². The van der Waals surface area contributed by atoms with Crippen molar-refractivity contribution in [1.82, 2.24) is 0 Å². The lowest BCUT2D eigenvalue weighted by Gasteiger charge is -2.30. The van der Waals surface area contributed by atoms with Crippen LogP contribution in [0.5, 0.6) is 0 Å². The fourth-order valence-electron chi connectivity index (χ4n) is 3.21. The molecule has 0 saturated carbocycles. The zero-order chi connectivity index (χ0) is 16.9. The quantitative estimate of drug-likeness (QED) is 0.508. The van der Waals surface area contributed by atoms with Gasteiger partial charge in [0.25, 0.3) is 0 Å². The second-order valence-electron chi connectivity index (χ2n) is 7.19. The normalized spacial score (nSPS) is 22.3. The van der Waals surface area contributed by atoms with E-state index < -0.39 is 0 Å². The van der Waals surface area contributed by atoms with E-state index in [0.717, 1.165) is 29.6 Å². The summed E-state index contributed by atoms with van der Waals surface area (Å²) in [5, 5.41) is 0. The van der Waals surface area contributed by atoms with E-state index in [0.29, 0.717) is 12.3 Å². The van der Waals surface area contributed by atoms with E-state index in [-0.39, 0.29) is 23.4 Å². The molecule has 0 spiro atoms. The summed E-state index contributed by atoms with van der Waals surface area (Å²) < 4.78 is 0. The highest BCUT2D eigenvalue weighted by atomic mass is 16.1. The Morgan fingerprint density at radius 1 is 1.23 bits per heavy atom. The molecule has 2 heteroatoms. The molecule has 1 rings (SSSR count). The van der Waals surface area contributed by atoms with Crippen LogP contribution in [0.15, 0.2) is 34.9 Å². The van der Waals surface area contributed by atoms with Crippen molar-refractivity contribution >= 4 is 11.6 Å². The van der Waals surface area contributed by atoms with Gasteiger partial charge in [-0.3, -0.25) is 9.59 Å². The number of carbonyl (C=O) groups excluding carboxylic acids is 2. The molecule has 0 N–H and O–H groups in total. The third kappa shape index (κ3) is 5.40. The van der Waals surface area contributed by atoms with Crippen molar-refractivity contribution in [2.24, 2.45) is 17.8 Å². The van der Waals surface area contributed by atoms with E-state index in [1.165, 1.54) is 0 Å². The minimum absolute atomic E-state index is 0.105. The number of ketones is 2. The second-order valence-corrected chi connectivity index (χ2v) is 7.19. The summed E-state index contributed by atoms with van der Waals surface area (Å²) in [7, 11) is 0. The Balaban J connectivity index is 3.02. The standard InChI is InChI=1S/C20H30O2/c1-13(2)10-17(21)12-16(6)18-9-7-8-15(5)20(18)19(22)11-14(3)4/h8,11-13,18,20H,7,9-10H2,1-6H3/t18-,20+/m0/s1. The molecule has 0 aromatic heterocycles. The van der Waals surface area contributed by atoms with Gasteiger partial charge in [0, 0.05) is 12.3 Å². The molecule has 0 bridgehead atoms. The summed E-state index contributed by atoms with van der Waals surface area (Å²) in [6, 6.07) is 0. The minimum atomic E-state index is -0.105. The van der Waals surface area contributed by atoms with Crippen molar-refractivity contribution in [1.29, 1.82) is 0 Å². The Labute approximate surface area is 135 Å². The summed E-state index contributed by atoms with van der Waals surface area (Å²) in [6.07, 6.45) is 8.18. The maximum absolute atomic E-state index is 12.6. The first-order valence-corrected chi connectivity index (χ1v) is 8.28. The molecule has 0 aromatic rings. The summed E-state index contributed by atoms with van der Waals surface area (Å²) in [4.78, 5) is 24.6. The van der Waals surface area contributed by atoms with Gasteiger partial charge in [0.05, 0.1) is 0 Å². The molecule has 2 atom stereocenters. The lowest BCUT2D eigenvalue weighted by Crippen LogP contribution is -2.27. The van der Waals surface area contributed by atoms with Crippen molar-refractivity contribution in [2.45, 2.75) is 60.8 Å². The molecule has 0 aromatic carbocycles. The van der Waals surface area contributed by atoms with E-state index in [1.54, 1.807) is 12.2 Å². The first kappa shape index (κ1) is 18.6. The minimum Gasteiger partial charge on any atom is -0.295 e. The van der Waals surface area contributed by atoms with Crippen LogP contribution in [0, 0.1) is 17.8 Å². The molecule has 22 heavy (non-hydrogen) atoms. The van der Waals surface area contributed by atoms with Crippen LogP contribution in [0.2, 0.25) is 0 Å². The molecule has 0 saturated heterocycles. The molecular formula is C20H30O2. The lowest BCUT2D eigenvalue weighted by atomic mass is 9.72. The SMILES string of the molecule is CC(C)=CC(=O)[C@@H]1C(C)=CCC[C@H]1C(C)=CC(=O)CC(C)C. The maximum Gasteiger partial charge on any atom is 0.163 e. The van der Waals surface area contributed by atoms with Gasteiger partial charge in [0.1, 0.15) is 0 Å². The Hall–Kier alpha value is -1.44. The van der Waals surface area contributed by atoms with Crippen LogP contribution < -0.4 is 0 Å². The van der Waals surface area contributed by atoms with Gasteiger partial charge in [-0.15, -0.1) is 0 Å². The van der Waals surface area contributed by atoms with Crippen LogP contribution in [0.3, 0.4) is 0 Å². The third-order valence-corrected chi connectivity index (χ3v) is 4.16. The molecule has 1 aliphatic rings. The second kappa shape index (κ2) is 8.26. The molecule has 0 unspecified atom stereocenters. The molecule has 2 nitrogen and oxygen atoms in total. The van der Waals surface area contributed by atoms with Gasteiger partial charge in [0.15, 0.2) is 11.6 Å². The van der Waals surface area contributed by atoms with Crippen LogP contribution in [-0.2, 0) is 9.59 Å². The van der Waals surface area contributed by atoms with Crippen molar-refractivity contribution in [3.8, 4) is 0 Å². The van der Waals surface area contributed by atoms with Crippen molar-refractivity contribution < 1.29 is 9.59 Å². The first-order chi connectivity index (χ1) is 10.2. The van der Waals surface area contributed by atoms with Gasteiger partial charge in [-0.25, -0.2) is 0 Å². The predicted octanol–water partition coefficient (Wildman–Crippen LogP) is 5.06. The fraction of sp³-hybridized carbons (Fsp3) is 0.600. The van der Waals surface area contributed by atoms with E-state index in [9.17, 15) is 9.59 Å². The summed E-state index contributed by atoms with van der Waals surface area (Å²) >= 11 is 0. The molecular weight excluding hydrogens is 272 g/mol. The third-order valence-electron chi connectivity index (χ3n) is 4.16. The number of carbonyl (C=O) groups is 2. The van der Waals surface area contributed by atoms with Gasteiger partial charge in [-0.2, -0.15) is 0 Å². The summed E-state index contributed by atoms with van der Waals surface area (Å²) in [5.41, 5.74) is 3.22.